The Morgan fingerprint density at radius 1 is 1.42 bits per heavy atom. The highest BCUT2D eigenvalue weighted by Crippen LogP contribution is 2.34. The molecule has 0 aromatic heterocycles. The molecule has 0 bridgehead atoms. The van der Waals surface area contributed by atoms with E-state index in [0.717, 1.165) is 4.47 Å². The van der Waals surface area contributed by atoms with Gasteiger partial charge in [0, 0.05) is 10.0 Å². The van der Waals surface area contributed by atoms with Gasteiger partial charge in [-0.2, -0.15) is 0 Å². The third-order valence-corrected chi connectivity index (χ3v) is 2.30. The van der Waals surface area contributed by atoms with E-state index in [1.54, 1.807) is 12.1 Å². The number of rotatable bonds is 2. The van der Waals surface area contributed by atoms with Gasteiger partial charge in [0.15, 0.2) is 11.5 Å². The van der Waals surface area contributed by atoms with Gasteiger partial charge in [0.2, 0.25) is 0 Å². The second-order valence-corrected chi connectivity index (χ2v) is 3.24. The Bertz CT molecular complexity index is 308. The summed E-state index contributed by atoms with van der Waals surface area (Å²) in [6, 6.07) is 3.12. The monoisotopic (exact) mass is 228 g/mol. The van der Waals surface area contributed by atoms with Gasteiger partial charge in [-0.05, 0) is 18.6 Å². The summed E-state index contributed by atoms with van der Waals surface area (Å²) < 4.78 is 0.776. The lowest BCUT2D eigenvalue weighted by Gasteiger charge is -2.05. The zero-order valence-electron chi connectivity index (χ0n) is 6.42. The van der Waals surface area contributed by atoms with Gasteiger partial charge in [0.05, 0.1) is 0 Å². The molecule has 0 radical (unpaired) electrons. The van der Waals surface area contributed by atoms with E-state index < -0.39 is 0 Å². The molecule has 0 atom stereocenters. The molecule has 2 N–H and O–H groups in total. The summed E-state index contributed by atoms with van der Waals surface area (Å²) in [7, 11) is 0. The van der Waals surface area contributed by atoms with Gasteiger partial charge in [-0.15, -0.1) is 6.58 Å². The fraction of sp³-hybridized carbons (Fsp3) is 0.111. The van der Waals surface area contributed by atoms with Crippen molar-refractivity contribution in [2.45, 2.75) is 6.42 Å². The van der Waals surface area contributed by atoms with Crippen molar-refractivity contribution in [2.75, 3.05) is 0 Å². The molecule has 1 aromatic rings. The maximum atomic E-state index is 9.38. The Kier molecular flexibility index (Phi) is 2.76. The zero-order valence-corrected chi connectivity index (χ0v) is 8.00. The van der Waals surface area contributed by atoms with Gasteiger partial charge in [0.25, 0.3) is 0 Å². The molecule has 64 valence electrons. The van der Waals surface area contributed by atoms with Crippen molar-refractivity contribution in [2.24, 2.45) is 0 Å². The van der Waals surface area contributed by atoms with Gasteiger partial charge in [-0.25, -0.2) is 0 Å². The number of phenols is 2. The Hall–Kier alpha value is -0.960. The van der Waals surface area contributed by atoms with Gasteiger partial charge in [-0.1, -0.05) is 22.0 Å². The molecule has 0 unspecified atom stereocenters. The predicted octanol–water partition coefficient (Wildman–Crippen LogP) is 2.59. The van der Waals surface area contributed by atoms with E-state index in [0.29, 0.717) is 12.0 Å². The first-order chi connectivity index (χ1) is 5.66. The van der Waals surface area contributed by atoms with Crippen LogP contribution in [0.5, 0.6) is 11.5 Å². The topological polar surface area (TPSA) is 40.5 Å². The highest BCUT2D eigenvalue weighted by Gasteiger charge is 2.08. The van der Waals surface area contributed by atoms with Crippen LogP contribution in [0.2, 0.25) is 0 Å². The number of allylic oxidation sites excluding steroid dienone is 1. The molecule has 1 rings (SSSR count). The van der Waals surface area contributed by atoms with Crippen LogP contribution in [0.4, 0.5) is 0 Å². The molecule has 2 nitrogen and oxygen atoms in total. The lowest BCUT2D eigenvalue weighted by molar-refractivity contribution is 0.400. The number of halogens is 1. The van der Waals surface area contributed by atoms with E-state index in [1.807, 2.05) is 0 Å². The van der Waals surface area contributed by atoms with Gasteiger partial charge in [-0.3, -0.25) is 0 Å². The largest absolute Gasteiger partial charge is 0.504 e. The van der Waals surface area contributed by atoms with Crippen molar-refractivity contribution in [1.29, 1.82) is 0 Å². The van der Waals surface area contributed by atoms with E-state index in [9.17, 15) is 5.11 Å². The Balaban J connectivity index is 3.22. The third-order valence-electron chi connectivity index (χ3n) is 1.55. The lowest BCUT2D eigenvalue weighted by atomic mass is 10.1. The van der Waals surface area contributed by atoms with Crippen molar-refractivity contribution in [3.8, 4) is 11.5 Å². The van der Waals surface area contributed by atoms with E-state index in [1.165, 1.54) is 6.07 Å². The first-order valence-electron chi connectivity index (χ1n) is 3.47. The summed E-state index contributed by atoms with van der Waals surface area (Å²) >= 11 is 3.26. The minimum Gasteiger partial charge on any atom is -0.504 e. The zero-order chi connectivity index (χ0) is 9.14. The van der Waals surface area contributed by atoms with Crippen molar-refractivity contribution >= 4 is 15.9 Å². The van der Waals surface area contributed by atoms with E-state index >= 15 is 0 Å². The average Bonchev–Trinajstić information content (AvgIpc) is 2.06. The molecule has 0 amide bonds. The molecular weight excluding hydrogens is 220 g/mol. The molecule has 0 fully saturated rings. The molecule has 0 saturated heterocycles. The summed E-state index contributed by atoms with van der Waals surface area (Å²) in [5, 5.41) is 18.5. The normalized spacial score (nSPS) is 9.75. The van der Waals surface area contributed by atoms with Crippen LogP contribution in [0, 0.1) is 0 Å². The van der Waals surface area contributed by atoms with Gasteiger partial charge in [0.1, 0.15) is 0 Å². The quantitative estimate of drug-likeness (QED) is 0.604. The van der Waals surface area contributed by atoms with Crippen LogP contribution < -0.4 is 0 Å². The van der Waals surface area contributed by atoms with Crippen LogP contribution in [0.15, 0.2) is 29.3 Å². The van der Waals surface area contributed by atoms with E-state index in [4.69, 9.17) is 5.11 Å². The maximum Gasteiger partial charge on any atom is 0.162 e. The third kappa shape index (κ3) is 1.61. The van der Waals surface area contributed by atoms with Crippen LogP contribution in [0.3, 0.4) is 0 Å². The number of benzene rings is 1. The first kappa shape index (κ1) is 9.13. The molecule has 0 saturated carbocycles. The fourth-order valence-corrected chi connectivity index (χ4v) is 1.42. The lowest BCUT2D eigenvalue weighted by Crippen LogP contribution is -1.84. The van der Waals surface area contributed by atoms with Crippen molar-refractivity contribution in [1.82, 2.24) is 0 Å². The summed E-state index contributed by atoms with van der Waals surface area (Å²) in [5.41, 5.74) is 0.657. The van der Waals surface area contributed by atoms with Crippen LogP contribution in [0.1, 0.15) is 5.56 Å². The van der Waals surface area contributed by atoms with Crippen molar-refractivity contribution < 1.29 is 10.2 Å². The molecule has 0 heterocycles. The second kappa shape index (κ2) is 3.63. The van der Waals surface area contributed by atoms with Crippen LogP contribution >= 0.6 is 15.9 Å². The SMILES string of the molecule is C=CCc1c(Br)ccc(O)c1O. The number of aromatic hydroxyl groups is 2. The smallest absolute Gasteiger partial charge is 0.162 e. The summed E-state index contributed by atoms with van der Waals surface area (Å²) in [6.45, 7) is 3.55. The van der Waals surface area contributed by atoms with Crippen LogP contribution in [-0.2, 0) is 6.42 Å². The van der Waals surface area contributed by atoms with Gasteiger partial charge >= 0.3 is 0 Å². The maximum absolute atomic E-state index is 9.38. The Morgan fingerprint density at radius 2 is 2.08 bits per heavy atom. The molecule has 0 aliphatic heterocycles. The van der Waals surface area contributed by atoms with Crippen molar-refractivity contribution in [3.63, 3.8) is 0 Å². The standard InChI is InChI=1S/C9H9BrO2/c1-2-3-6-7(10)4-5-8(11)9(6)12/h2,4-5,11-12H,1,3H2. The molecule has 0 spiro atoms. The average molecular weight is 229 g/mol. The number of hydrogen-bond donors (Lipinski definition) is 2. The molecule has 12 heavy (non-hydrogen) atoms. The Morgan fingerprint density at radius 3 is 2.67 bits per heavy atom. The number of hydrogen-bond acceptors (Lipinski definition) is 2. The summed E-state index contributed by atoms with van der Waals surface area (Å²) in [4.78, 5) is 0. The summed E-state index contributed by atoms with van der Waals surface area (Å²) in [6.07, 6.45) is 2.19. The highest BCUT2D eigenvalue weighted by atomic mass is 79.9. The minimum atomic E-state index is -0.102. The van der Waals surface area contributed by atoms with Gasteiger partial charge < -0.3 is 10.2 Å². The van der Waals surface area contributed by atoms with E-state index in [2.05, 4.69) is 22.5 Å². The highest BCUT2D eigenvalue weighted by molar-refractivity contribution is 9.10. The molecule has 0 aliphatic carbocycles. The molecule has 3 heteroatoms. The van der Waals surface area contributed by atoms with Crippen LogP contribution in [0.25, 0.3) is 0 Å². The first-order valence-corrected chi connectivity index (χ1v) is 4.26. The second-order valence-electron chi connectivity index (χ2n) is 2.39. The fourth-order valence-electron chi connectivity index (χ4n) is 0.938. The summed E-state index contributed by atoms with van der Waals surface area (Å²) in [5.74, 6) is -0.181. The molecule has 0 aliphatic rings. The van der Waals surface area contributed by atoms with Crippen molar-refractivity contribution in [3.05, 3.63) is 34.8 Å². The molecular formula is C9H9BrO2. The molecule has 1 aromatic carbocycles. The predicted molar refractivity (Wildman–Crippen MR) is 51.4 cm³/mol. The Labute approximate surface area is 79.3 Å². The van der Waals surface area contributed by atoms with E-state index in [-0.39, 0.29) is 11.5 Å². The van der Waals surface area contributed by atoms with Crippen LogP contribution in [-0.4, -0.2) is 10.2 Å². The number of phenolic OH excluding ortho intramolecular Hbond substituents is 2. The minimum absolute atomic E-state index is 0.0794.